The van der Waals surface area contributed by atoms with Gasteiger partial charge in [-0.05, 0) is 6.07 Å². The maximum atomic E-state index is 11.5. The molecule has 0 fully saturated rings. The molecule has 0 radical (unpaired) electrons. The van der Waals surface area contributed by atoms with Gasteiger partial charge in [0, 0.05) is 6.20 Å². The summed E-state index contributed by atoms with van der Waals surface area (Å²) in [4.78, 5) is 0. The predicted molar refractivity (Wildman–Crippen MR) is 41.2 cm³/mol. The van der Waals surface area contributed by atoms with Gasteiger partial charge in [0.05, 0.1) is 12.4 Å². The van der Waals surface area contributed by atoms with Crippen LogP contribution in [0.3, 0.4) is 0 Å². The molecule has 0 saturated heterocycles. The molecular weight excluding hydrogens is 194 g/mol. The first-order valence-corrected chi connectivity index (χ1v) is 4.76. The van der Waals surface area contributed by atoms with Gasteiger partial charge >= 0.3 is 10.0 Å². The van der Waals surface area contributed by atoms with Gasteiger partial charge < -0.3 is 0 Å². The first-order valence-electron chi connectivity index (χ1n) is 3.32. The summed E-state index contributed by atoms with van der Waals surface area (Å²) in [6.45, 7) is 0. The van der Waals surface area contributed by atoms with Gasteiger partial charge in [-0.25, -0.2) is 0 Å². The fourth-order valence-corrected chi connectivity index (χ4v) is 1.75. The highest BCUT2D eigenvalue weighted by Gasteiger charge is 2.19. The molecular formula is C5H5N5O2S. The molecule has 68 valence electrons. The number of rotatable bonds is 2. The summed E-state index contributed by atoms with van der Waals surface area (Å²) in [6, 6.07) is 1.51. The summed E-state index contributed by atoms with van der Waals surface area (Å²) in [7, 11) is -3.65. The summed E-state index contributed by atoms with van der Waals surface area (Å²) in [6.07, 6.45) is 3.82. The fraction of sp³-hybridized carbons (Fsp3) is 0. The lowest BCUT2D eigenvalue weighted by atomic mass is 10.8. The van der Waals surface area contributed by atoms with Crippen LogP contribution in [0.4, 0.5) is 0 Å². The van der Waals surface area contributed by atoms with Crippen LogP contribution in [0.5, 0.6) is 0 Å². The Kier molecular flexibility index (Phi) is 1.62. The highest BCUT2D eigenvalue weighted by molar-refractivity contribution is 7.89. The van der Waals surface area contributed by atoms with E-state index in [-0.39, 0.29) is 5.03 Å². The van der Waals surface area contributed by atoms with Crippen molar-refractivity contribution in [1.29, 1.82) is 0 Å². The SMILES string of the molecule is O=S(=O)(c1cn[nH]n1)n1cccn1. The monoisotopic (exact) mass is 199 g/mol. The normalized spacial score (nSPS) is 11.7. The molecule has 0 saturated carbocycles. The van der Waals surface area contributed by atoms with Crippen LogP contribution >= 0.6 is 0 Å². The van der Waals surface area contributed by atoms with Crippen LogP contribution in [0.25, 0.3) is 0 Å². The molecule has 7 nitrogen and oxygen atoms in total. The van der Waals surface area contributed by atoms with Crippen LogP contribution in [0.2, 0.25) is 0 Å². The average molecular weight is 199 g/mol. The van der Waals surface area contributed by atoms with Crippen molar-refractivity contribution in [3.63, 3.8) is 0 Å². The van der Waals surface area contributed by atoms with E-state index in [0.29, 0.717) is 0 Å². The molecule has 0 bridgehead atoms. The molecule has 2 aromatic heterocycles. The van der Waals surface area contributed by atoms with Crippen molar-refractivity contribution in [1.82, 2.24) is 24.6 Å². The molecule has 0 atom stereocenters. The molecule has 0 aliphatic rings. The molecule has 2 aromatic rings. The van der Waals surface area contributed by atoms with Crippen molar-refractivity contribution in [3.05, 3.63) is 24.7 Å². The van der Waals surface area contributed by atoms with Crippen LogP contribution in [0.1, 0.15) is 0 Å². The molecule has 0 unspecified atom stereocenters. The molecule has 0 aliphatic carbocycles. The van der Waals surface area contributed by atoms with Crippen LogP contribution in [-0.4, -0.2) is 33.0 Å². The van der Waals surface area contributed by atoms with E-state index in [4.69, 9.17) is 0 Å². The van der Waals surface area contributed by atoms with E-state index in [0.717, 1.165) is 10.3 Å². The van der Waals surface area contributed by atoms with Gasteiger partial charge in [0.25, 0.3) is 0 Å². The van der Waals surface area contributed by atoms with Crippen molar-refractivity contribution >= 4 is 10.0 Å². The molecule has 0 amide bonds. The number of hydrogen-bond acceptors (Lipinski definition) is 5. The van der Waals surface area contributed by atoms with Crippen molar-refractivity contribution in [3.8, 4) is 0 Å². The molecule has 1 N–H and O–H groups in total. The van der Waals surface area contributed by atoms with Crippen molar-refractivity contribution in [2.24, 2.45) is 0 Å². The van der Waals surface area contributed by atoms with E-state index in [1.807, 2.05) is 0 Å². The minimum atomic E-state index is -3.65. The van der Waals surface area contributed by atoms with E-state index >= 15 is 0 Å². The lowest BCUT2D eigenvalue weighted by Crippen LogP contribution is -2.13. The molecule has 0 aliphatic heterocycles. The minimum Gasteiger partial charge on any atom is -0.197 e. The van der Waals surface area contributed by atoms with Gasteiger partial charge in [0.15, 0.2) is 0 Å². The van der Waals surface area contributed by atoms with E-state index < -0.39 is 10.0 Å². The Bertz CT molecular complexity index is 431. The second-order valence-electron chi connectivity index (χ2n) is 2.19. The summed E-state index contributed by atoms with van der Waals surface area (Å²) < 4.78 is 23.9. The average Bonchev–Trinajstić information content (AvgIpc) is 2.78. The number of aromatic amines is 1. The predicted octanol–water partition coefficient (Wildman–Crippen LogP) is -0.762. The Morgan fingerprint density at radius 3 is 2.85 bits per heavy atom. The number of H-pyrrole nitrogens is 1. The van der Waals surface area contributed by atoms with Crippen molar-refractivity contribution in [2.45, 2.75) is 5.03 Å². The molecule has 0 spiro atoms. The van der Waals surface area contributed by atoms with Crippen LogP contribution < -0.4 is 0 Å². The largest absolute Gasteiger partial charge is 0.303 e. The zero-order valence-corrected chi connectivity index (χ0v) is 7.14. The van der Waals surface area contributed by atoms with E-state index in [9.17, 15) is 8.42 Å². The highest BCUT2D eigenvalue weighted by atomic mass is 32.2. The van der Waals surface area contributed by atoms with Gasteiger partial charge in [0.1, 0.15) is 0 Å². The van der Waals surface area contributed by atoms with Gasteiger partial charge in [-0.1, -0.05) is 0 Å². The molecule has 0 aromatic carbocycles. The standard InChI is InChI=1S/C5H5N5O2S/c11-13(12,5-4-6-9-8-5)10-3-1-2-7-10/h1-4H,(H,6,8,9). The Morgan fingerprint density at radius 2 is 2.31 bits per heavy atom. The lowest BCUT2D eigenvalue weighted by Gasteiger charge is -1.97. The van der Waals surface area contributed by atoms with Gasteiger partial charge in [-0.15, -0.1) is 5.10 Å². The molecule has 2 heterocycles. The topological polar surface area (TPSA) is 93.5 Å². The van der Waals surface area contributed by atoms with E-state index in [2.05, 4.69) is 20.5 Å². The summed E-state index contributed by atoms with van der Waals surface area (Å²) >= 11 is 0. The molecule has 2 rings (SSSR count). The van der Waals surface area contributed by atoms with Crippen molar-refractivity contribution in [2.75, 3.05) is 0 Å². The second kappa shape index (κ2) is 2.66. The maximum Gasteiger partial charge on any atom is 0.303 e. The third kappa shape index (κ3) is 1.20. The lowest BCUT2D eigenvalue weighted by molar-refractivity contribution is 0.575. The molecule has 13 heavy (non-hydrogen) atoms. The summed E-state index contributed by atoms with van der Waals surface area (Å²) in [5.74, 6) is 0. The smallest absolute Gasteiger partial charge is 0.197 e. The van der Waals surface area contributed by atoms with Crippen LogP contribution in [-0.2, 0) is 10.0 Å². The Balaban J connectivity index is 2.56. The van der Waals surface area contributed by atoms with Gasteiger partial charge in [0.2, 0.25) is 5.03 Å². The van der Waals surface area contributed by atoms with Crippen LogP contribution in [0.15, 0.2) is 29.7 Å². The number of aromatic nitrogens is 5. The summed E-state index contributed by atoms with van der Waals surface area (Å²) in [5, 5.41) is 12.5. The number of hydrogen-bond donors (Lipinski definition) is 1. The summed E-state index contributed by atoms with van der Waals surface area (Å²) in [5.41, 5.74) is 0. The van der Waals surface area contributed by atoms with Gasteiger partial charge in [-0.2, -0.15) is 27.9 Å². The second-order valence-corrected chi connectivity index (χ2v) is 3.93. The third-order valence-electron chi connectivity index (χ3n) is 1.38. The molecule has 8 heteroatoms. The first kappa shape index (κ1) is 7.92. The Morgan fingerprint density at radius 1 is 1.46 bits per heavy atom. The first-order chi connectivity index (χ1) is 6.21. The van der Waals surface area contributed by atoms with E-state index in [1.54, 1.807) is 0 Å². The number of nitrogens with one attached hydrogen (secondary N) is 1. The zero-order valence-electron chi connectivity index (χ0n) is 6.32. The highest BCUT2D eigenvalue weighted by Crippen LogP contribution is 2.05. The van der Waals surface area contributed by atoms with Crippen molar-refractivity contribution < 1.29 is 8.42 Å². The number of nitrogens with zero attached hydrogens (tertiary/aromatic N) is 4. The minimum absolute atomic E-state index is 0.156. The Hall–Kier alpha value is -1.70. The fourth-order valence-electron chi connectivity index (χ4n) is 0.808. The van der Waals surface area contributed by atoms with E-state index in [1.165, 1.54) is 18.5 Å². The van der Waals surface area contributed by atoms with Crippen LogP contribution in [0, 0.1) is 0 Å². The third-order valence-corrected chi connectivity index (χ3v) is 2.82. The zero-order chi connectivity index (χ0) is 9.31. The quantitative estimate of drug-likeness (QED) is 0.686. The maximum absolute atomic E-state index is 11.5. The van der Waals surface area contributed by atoms with Gasteiger partial charge in [-0.3, -0.25) is 0 Å². The Labute approximate surface area is 73.4 Å².